The van der Waals surface area contributed by atoms with Crippen LogP contribution in [0.2, 0.25) is 0 Å². The average molecular weight is 316 g/mol. The molecule has 2 heterocycles. The van der Waals surface area contributed by atoms with E-state index in [2.05, 4.69) is 38.0 Å². The molecule has 6 heteroatoms. The van der Waals surface area contributed by atoms with E-state index in [4.69, 9.17) is 10.5 Å². The number of hydrogen-bond donors (Lipinski definition) is 0. The van der Waals surface area contributed by atoms with Crippen molar-refractivity contribution in [1.82, 2.24) is 14.5 Å². The van der Waals surface area contributed by atoms with Crippen LogP contribution < -0.4 is 0 Å². The van der Waals surface area contributed by atoms with Crippen LogP contribution in [-0.4, -0.2) is 14.5 Å². The molecule has 0 unspecified atom stereocenters. The summed E-state index contributed by atoms with van der Waals surface area (Å²) in [7, 11) is 0. The van der Waals surface area contributed by atoms with Crippen LogP contribution in [0.5, 0.6) is 0 Å². The largest absolute Gasteiger partial charge is 0.324 e. The Morgan fingerprint density at radius 1 is 1.47 bits per heavy atom. The van der Waals surface area contributed by atoms with Crippen molar-refractivity contribution in [3.63, 3.8) is 0 Å². The highest BCUT2D eigenvalue weighted by atomic mass is 79.9. The Kier molecular flexibility index (Phi) is 2.76. The highest BCUT2D eigenvalue weighted by molar-refractivity contribution is 9.10. The van der Waals surface area contributed by atoms with E-state index >= 15 is 0 Å². The van der Waals surface area contributed by atoms with Gasteiger partial charge in [-0.15, -0.1) is 0 Å². The highest BCUT2D eigenvalue weighted by Gasteiger charge is 2.46. The summed E-state index contributed by atoms with van der Waals surface area (Å²) in [5.41, 5.74) is 0.516. The Morgan fingerprint density at radius 2 is 2.26 bits per heavy atom. The van der Waals surface area contributed by atoms with Gasteiger partial charge in [-0.3, -0.25) is 0 Å². The lowest BCUT2D eigenvalue weighted by Gasteiger charge is -2.45. The molecule has 0 aromatic carbocycles. The molecule has 1 saturated carbocycles. The summed E-state index contributed by atoms with van der Waals surface area (Å²) in [6.45, 7) is 0. The maximum Gasteiger partial charge on any atom is 0.145 e. The summed E-state index contributed by atoms with van der Waals surface area (Å²) in [5, 5.41) is 19.0. The lowest BCUT2D eigenvalue weighted by molar-refractivity contribution is 0.108. The second kappa shape index (κ2) is 4.32. The molecule has 1 fully saturated rings. The lowest BCUT2D eigenvalue weighted by atomic mass is 9.67. The van der Waals surface area contributed by atoms with Crippen LogP contribution in [0.3, 0.4) is 0 Å². The van der Waals surface area contributed by atoms with Crippen LogP contribution in [0, 0.1) is 28.6 Å². The zero-order valence-corrected chi connectivity index (χ0v) is 11.6. The number of rotatable bonds is 2. The molecule has 0 amide bonds. The van der Waals surface area contributed by atoms with E-state index in [0.29, 0.717) is 19.3 Å². The van der Waals surface area contributed by atoms with Crippen LogP contribution in [0.15, 0.2) is 23.2 Å². The molecule has 0 bridgehead atoms. The van der Waals surface area contributed by atoms with Crippen molar-refractivity contribution in [2.45, 2.75) is 24.8 Å². The summed E-state index contributed by atoms with van der Waals surface area (Å²) in [6.07, 6.45) is 7.01. The monoisotopic (exact) mass is 315 g/mol. The van der Waals surface area contributed by atoms with Crippen molar-refractivity contribution in [2.75, 3.05) is 0 Å². The van der Waals surface area contributed by atoms with Crippen molar-refractivity contribution in [3.05, 3.63) is 23.2 Å². The van der Waals surface area contributed by atoms with Gasteiger partial charge in [-0.05, 0) is 28.8 Å². The molecule has 0 spiro atoms. The predicted molar refractivity (Wildman–Crippen MR) is 71.8 cm³/mol. The second-order valence-corrected chi connectivity index (χ2v) is 5.75. The maximum absolute atomic E-state index is 9.08. The third kappa shape index (κ3) is 1.72. The molecular weight excluding hydrogens is 306 g/mol. The first-order chi connectivity index (χ1) is 9.20. The fraction of sp³-hybridized carbons (Fsp3) is 0.385. The minimum Gasteiger partial charge on any atom is -0.324 e. The van der Waals surface area contributed by atoms with Crippen LogP contribution >= 0.6 is 15.9 Å². The topological polar surface area (TPSA) is 78.3 Å². The molecule has 0 N–H and O–H groups in total. The highest BCUT2D eigenvalue weighted by Crippen LogP contribution is 2.48. The molecule has 2 aromatic heterocycles. The van der Waals surface area contributed by atoms with E-state index < -0.39 is 0 Å². The van der Waals surface area contributed by atoms with Crippen LogP contribution in [-0.2, 0) is 5.54 Å². The first-order valence-electron chi connectivity index (χ1n) is 5.94. The smallest absolute Gasteiger partial charge is 0.145 e. The Labute approximate surface area is 118 Å². The molecule has 94 valence electrons. The normalized spacial score (nSPS) is 25.5. The Morgan fingerprint density at radius 3 is 2.95 bits per heavy atom. The maximum atomic E-state index is 9.08. The quantitative estimate of drug-likeness (QED) is 0.853. The summed E-state index contributed by atoms with van der Waals surface area (Å²) < 4.78 is 2.95. The molecule has 5 nitrogen and oxygen atoms in total. The van der Waals surface area contributed by atoms with Gasteiger partial charge >= 0.3 is 0 Å². The molecule has 1 aliphatic carbocycles. The van der Waals surface area contributed by atoms with Gasteiger partial charge in [0.2, 0.25) is 0 Å². The van der Waals surface area contributed by atoms with Gasteiger partial charge in [-0.25, -0.2) is 9.97 Å². The van der Waals surface area contributed by atoms with Gasteiger partial charge < -0.3 is 4.57 Å². The fourth-order valence-corrected chi connectivity index (χ4v) is 3.30. The molecule has 3 rings (SSSR count). The van der Waals surface area contributed by atoms with Crippen molar-refractivity contribution >= 4 is 27.0 Å². The van der Waals surface area contributed by atoms with E-state index in [-0.39, 0.29) is 11.5 Å². The standard InChI is InChI=1S/C13H10BrN5/c14-11-7-19(12-10(11)6-17-8-18-12)13(1-2-15)3-9(4-13)5-16/h6-9H,1,3-4H2/t9-,13+. The summed E-state index contributed by atoms with van der Waals surface area (Å²) in [6, 6.07) is 4.51. The predicted octanol–water partition coefficient (Wildman–Crippen LogP) is 2.74. The molecular formula is C13H10BrN5. The van der Waals surface area contributed by atoms with E-state index in [9.17, 15) is 0 Å². The number of fused-ring (bicyclic) bond motifs is 1. The van der Waals surface area contributed by atoms with E-state index in [0.717, 1.165) is 15.5 Å². The fourth-order valence-electron chi connectivity index (χ4n) is 2.81. The molecule has 1 aliphatic rings. The first-order valence-corrected chi connectivity index (χ1v) is 6.73. The lowest BCUT2D eigenvalue weighted by Crippen LogP contribution is -2.45. The average Bonchev–Trinajstić information content (AvgIpc) is 2.72. The van der Waals surface area contributed by atoms with Crippen molar-refractivity contribution in [1.29, 1.82) is 10.5 Å². The number of hydrogen-bond acceptors (Lipinski definition) is 4. The number of nitrogens with zero attached hydrogens (tertiary/aromatic N) is 5. The van der Waals surface area contributed by atoms with Gasteiger partial charge in [0.1, 0.15) is 12.0 Å². The summed E-state index contributed by atoms with van der Waals surface area (Å²) in [4.78, 5) is 8.33. The molecule has 2 aromatic rings. The first kappa shape index (κ1) is 12.1. The van der Waals surface area contributed by atoms with Gasteiger partial charge in [-0.1, -0.05) is 0 Å². The Hall–Kier alpha value is -1.92. The third-order valence-electron chi connectivity index (χ3n) is 3.77. The van der Waals surface area contributed by atoms with E-state index in [1.807, 2.05) is 10.8 Å². The van der Waals surface area contributed by atoms with Crippen molar-refractivity contribution < 1.29 is 0 Å². The Balaban J connectivity index is 2.13. The minimum atomic E-state index is -0.298. The van der Waals surface area contributed by atoms with Gasteiger partial charge in [-0.2, -0.15) is 10.5 Å². The van der Waals surface area contributed by atoms with Gasteiger partial charge in [0.15, 0.2) is 0 Å². The SMILES string of the molecule is N#CC[C@]1(n2cc(Br)c3cncnc32)C[C@@H](C#N)C1. The van der Waals surface area contributed by atoms with Gasteiger partial charge in [0, 0.05) is 16.9 Å². The van der Waals surface area contributed by atoms with Crippen LogP contribution in [0.4, 0.5) is 0 Å². The molecule has 19 heavy (non-hydrogen) atoms. The zero-order chi connectivity index (χ0) is 13.5. The summed E-state index contributed by atoms with van der Waals surface area (Å²) >= 11 is 3.50. The minimum absolute atomic E-state index is 0.0337. The molecule has 0 atom stereocenters. The molecule has 0 aliphatic heterocycles. The van der Waals surface area contributed by atoms with Crippen molar-refractivity contribution in [2.24, 2.45) is 5.92 Å². The number of nitriles is 2. The number of halogens is 1. The van der Waals surface area contributed by atoms with E-state index in [1.165, 1.54) is 6.33 Å². The van der Waals surface area contributed by atoms with Crippen molar-refractivity contribution in [3.8, 4) is 12.1 Å². The summed E-state index contributed by atoms with van der Waals surface area (Å²) in [5.74, 6) is 0.0337. The molecule has 0 radical (unpaired) electrons. The second-order valence-electron chi connectivity index (χ2n) is 4.90. The molecule has 0 saturated heterocycles. The third-order valence-corrected chi connectivity index (χ3v) is 4.41. The van der Waals surface area contributed by atoms with Crippen LogP contribution in [0.1, 0.15) is 19.3 Å². The van der Waals surface area contributed by atoms with Gasteiger partial charge in [0.05, 0.1) is 35.4 Å². The van der Waals surface area contributed by atoms with E-state index in [1.54, 1.807) is 6.20 Å². The number of aromatic nitrogens is 3. The Bertz CT molecular complexity index is 715. The zero-order valence-electron chi connectivity index (χ0n) is 10.0. The van der Waals surface area contributed by atoms with Crippen LogP contribution in [0.25, 0.3) is 11.0 Å². The van der Waals surface area contributed by atoms with Gasteiger partial charge in [0.25, 0.3) is 0 Å².